The number of nitrogens with zero attached hydrogens (tertiary/aromatic N) is 3. The van der Waals surface area contributed by atoms with Crippen LogP contribution in [0.4, 0.5) is 0 Å². The predicted molar refractivity (Wildman–Crippen MR) is 77.7 cm³/mol. The van der Waals surface area contributed by atoms with Crippen molar-refractivity contribution in [3.05, 3.63) is 24.0 Å². The van der Waals surface area contributed by atoms with Gasteiger partial charge < -0.3 is 14.6 Å². The van der Waals surface area contributed by atoms with E-state index in [2.05, 4.69) is 10.1 Å². The van der Waals surface area contributed by atoms with E-state index in [-0.39, 0.29) is 17.6 Å². The Balaban J connectivity index is 2.00. The number of fused-ring (bicyclic) bond motifs is 1. The fourth-order valence-electron chi connectivity index (χ4n) is 2.66. The first-order valence-corrected chi connectivity index (χ1v) is 7.04. The molecule has 2 aromatic rings. The molecular formula is C15H17N3O4. The van der Waals surface area contributed by atoms with E-state index in [1.54, 1.807) is 16.8 Å². The molecule has 1 unspecified atom stereocenters. The van der Waals surface area contributed by atoms with Crippen LogP contribution in [-0.2, 0) is 16.1 Å². The van der Waals surface area contributed by atoms with Gasteiger partial charge in [0.05, 0.1) is 14.2 Å². The van der Waals surface area contributed by atoms with Crippen LogP contribution in [0.5, 0.6) is 11.5 Å². The van der Waals surface area contributed by atoms with E-state index in [1.165, 1.54) is 20.3 Å². The van der Waals surface area contributed by atoms with Gasteiger partial charge in [-0.3, -0.25) is 4.79 Å². The van der Waals surface area contributed by atoms with Crippen LogP contribution in [-0.4, -0.2) is 40.1 Å². The summed E-state index contributed by atoms with van der Waals surface area (Å²) in [5.41, 5.74) is 0.722. The lowest BCUT2D eigenvalue weighted by molar-refractivity contribution is -0.143. The standard InChI is InChI=1S/C15H17N3O4/c1-21-12-8-9(5-6-11(12)19)13-16-14-10(15(20)22-2)4-3-7-18(14)17-13/h5-6,8,10,19H,3-4,7H2,1-2H3. The SMILES string of the molecule is COC(=O)C1CCCn2nc(-c3ccc(O)c(OC)c3)nc21. The Morgan fingerprint density at radius 1 is 1.41 bits per heavy atom. The van der Waals surface area contributed by atoms with Crippen LogP contribution < -0.4 is 4.74 Å². The Labute approximate surface area is 127 Å². The maximum absolute atomic E-state index is 11.9. The molecule has 0 saturated carbocycles. The second kappa shape index (κ2) is 5.67. The minimum Gasteiger partial charge on any atom is -0.504 e. The number of rotatable bonds is 3. The minimum absolute atomic E-state index is 0.0580. The average molecular weight is 303 g/mol. The summed E-state index contributed by atoms with van der Waals surface area (Å²) in [6.07, 6.45) is 1.57. The Morgan fingerprint density at radius 2 is 2.23 bits per heavy atom. The number of methoxy groups -OCH3 is 2. The molecule has 1 aliphatic heterocycles. The molecule has 0 spiro atoms. The Hall–Kier alpha value is -2.57. The van der Waals surface area contributed by atoms with Crippen molar-refractivity contribution in [2.45, 2.75) is 25.3 Å². The van der Waals surface area contributed by atoms with Crippen molar-refractivity contribution < 1.29 is 19.4 Å². The number of carbonyl (C=O) groups is 1. The zero-order valence-corrected chi connectivity index (χ0v) is 12.4. The smallest absolute Gasteiger partial charge is 0.316 e. The molecule has 1 atom stereocenters. The van der Waals surface area contributed by atoms with E-state index in [9.17, 15) is 9.90 Å². The molecule has 0 radical (unpaired) electrons. The third kappa shape index (κ3) is 2.38. The highest BCUT2D eigenvalue weighted by molar-refractivity contribution is 5.77. The van der Waals surface area contributed by atoms with Gasteiger partial charge in [-0.05, 0) is 31.0 Å². The van der Waals surface area contributed by atoms with Crippen molar-refractivity contribution in [1.82, 2.24) is 14.8 Å². The van der Waals surface area contributed by atoms with E-state index >= 15 is 0 Å². The summed E-state index contributed by atoms with van der Waals surface area (Å²) in [6.45, 7) is 0.727. The van der Waals surface area contributed by atoms with Gasteiger partial charge in [0.2, 0.25) is 0 Å². The lowest BCUT2D eigenvalue weighted by Gasteiger charge is -2.19. The van der Waals surface area contributed by atoms with Gasteiger partial charge in [-0.1, -0.05) is 0 Å². The Bertz CT molecular complexity index is 711. The van der Waals surface area contributed by atoms with E-state index in [1.807, 2.05) is 0 Å². The molecule has 0 fully saturated rings. The molecule has 0 saturated heterocycles. The molecule has 22 heavy (non-hydrogen) atoms. The van der Waals surface area contributed by atoms with Gasteiger partial charge in [0.25, 0.3) is 0 Å². The summed E-state index contributed by atoms with van der Waals surface area (Å²) in [6, 6.07) is 4.92. The van der Waals surface area contributed by atoms with Crippen LogP contribution in [0.3, 0.4) is 0 Å². The average Bonchev–Trinajstić information content (AvgIpc) is 2.98. The van der Waals surface area contributed by atoms with Gasteiger partial charge >= 0.3 is 5.97 Å². The number of phenols is 1. The van der Waals surface area contributed by atoms with E-state index in [4.69, 9.17) is 9.47 Å². The molecule has 116 valence electrons. The molecule has 0 amide bonds. The maximum atomic E-state index is 11.9. The normalized spacial score (nSPS) is 16.9. The molecule has 0 bridgehead atoms. The maximum Gasteiger partial charge on any atom is 0.316 e. The van der Waals surface area contributed by atoms with Crippen molar-refractivity contribution >= 4 is 5.97 Å². The number of benzene rings is 1. The molecule has 1 aliphatic rings. The highest BCUT2D eigenvalue weighted by Gasteiger charge is 2.31. The first kappa shape index (κ1) is 14.4. The topological polar surface area (TPSA) is 86.5 Å². The lowest BCUT2D eigenvalue weighted by Crippen LogP contribution is -2.24. The molecule has 7 nitrogen and oxygen atoms in total. The van der Waals surface area contributed by atoms with E-state index in [0.29, 0.717) is 23.8 Å². The number of phenolic OH excluding ortho intramolecular Hbond substituents is 1. The number of aryl methyl sites for hydroxylation is 1. The van der Waals surface area contributed by atoms with Crippen molar-refractivity contribution in [1.29, 1.82) is 0 Å². The molecule has 7 heteroatoms. The van der Waals surface area contributed by atoms with Gasteiger partial charge in [-0.15, -0.1) is 0 Å². The minimum atomic E-state index is -0.376. The summed E-state index contributed by atoms with van der Waals surface area (Å²) < 4.78 is 11.7. The highest BCUT2D eigenvalue weighted by Crippen LogP contribution is 2.32. The Morgan fingerprint density at radius 3 is 2.95 bits per heavy atom. The van der Waals surface area contributed by atoms with Gasteiger partial charge in [0.15, 0.2) is 17.3 Å². The third-order valence-electron chi connectivity index (χ3n) is 3.80. The van der Waals surface area contributed by atoms with E-state index < -0.39 is 0 Å². The predicted octanol–water partition coefficient (Wildman–Crippen LogP) is 1.71. The first-order chi connectivity index (χ1) is 10.6. The number of hydrogen-bond acceptors (Lipinski definition) is 6. The number of aromatic nitrogens is 3. The van der Waals surface area contributed by atoms with Crippen molar-refractivity contribution in [2.24, 2.45) is 0 Å². The second-order valence-electron chi connectivity index (χ2n) is 5.12. The molecular weight excluding hydrogens is 286 g/mol. The van der Waals surface area contributed by atoms with Crippen molar-refractivity contribution in [3.8, 4) is 22.9 Å². The molecule has 1 aromatic carbocycles. The molecule has 1 N–H and O–H groups in total. The van der Waals surface area contributed by atoms with Gasteiger partial charge in [0.1, 0.15) is 11.7 Å². The Kier molecular flexibility index (Phi) is 3.70. The van der Waals surface area contributed by atoms with Crippen LogP contribution in [0.1, 0.15) is 24.6 Å². The monoisotopic (exact) mass is 303 g/mol. The van der Waals surface area contributed by atoms with Crippen molar-refractivity contribution in [3.63, 3.8) is 0 Å². The van der Waals surface area contributed by atoms with Gasteiger partial charge in [-0.25, -0.2) is 9.67 Å². The molecule has 2 heterocycles. The second-order valence-corrected chi connectivity index (χ2v) is 5.12. The highest BCUT2D eigenvalue weighted by atomic mass is 16.5. The summed E-state index contributed by atoms with van der Waals surface area (Å²) in [5.74, 6) is 0.879. The van der Waals surface area contributed by atoms with Crippen LogP contribution in [0.15, 0.2) is 18.2 Å². The lowest BCUT2D eigenvalue weighted by atomic mass is 9.99. The van der Waals surface area contributed by atoms with Crippen LogP contribution in [0, 0.1) is 0 Å². The van der Waals surface area contributed by atoms with Gasteiger partial charge in [-0.2, -0.15) is 5.10 Å². The molecule has 1 aromatic heterocycles. The number of aromatic hydroxyl groups is 1. The fraction of sp³-hybridized carbons (Fsp3) is 0.400. The van der Waals surface area contributed by atoms with E-state index in [0.717, 1.165) is 18.5 Å². The van der Waals surface area contributed by atoms with Gasteiger partial charge in [0, 0.05) is 12.1 Å². The number of hydrogen-bond donors (Lipinski definition) is 1. The quantitative estimate of drug-likeness (QED) is 0.869. The largest absolute Gasteiger partial charge is 0.504 e. The summed E-state index contributed by atoms with van der Waals surface area (Å²) >= 11 is 0. The fourth-order valence-corrected chi connectivity index (χ4v) is 2.66. The number of carbonyl (C=O) groups excluding carboxylic acids is 1. The number of ether oxygens (including phenoxy) is 2. The molecule has 3 rings (SSSR count). The van der Waals surface area contributed by atoms with Crippen LogP contribution >= 0.6 is 0 Å². The number of esters is 1. The summed E-state index contributed by atoms with van der Waals surface area (Å²) in [7, 11) is 2.86. The van der Waals surface area contributed by atoms with Crippen molar-refractivity contribution in [2.75, 3.05) is 14.2 Å². The zero-order valence-electron chi connectivity index (χ0n) is 12.4. The van der Waals surface area contributed by atoms with Crippen LogP contribution in [0.25, 0.3) is 11.4 Å². The molecule has 0 aliphatic carbocycles. The summed E-state index contributed by atoms with van der Waals surface area (Å²) in [4.78, 5) is 16.4. The zero-order chi connectivity index (χ0) is 15.7. The van der Waals surface area contributed by atoms with Crippen LogP contribution in [0.2, 0.25) is 0 Å². The summed E-state index contributed by atoms with van der Waals surface area (Å²) in [5, 5.41) is 14.1. The first-order valence-electron chi connectivity index (χ1n) is 7.04. The third-order valence-corrected chi connectivity index (χ3v) is 3.80.